The lowest BCUT2D eigenvalue weighted by Gasteiger charge is -2.22. The molecule has 0 aromatic carbocycles. The largest absolute Gasteiger partial charge is 0.394 e. The maximum absolute atomic E-state index is 12.6. The lowest BCUT2D eigenvalue weighted by molar-refractivity contribution is -0.123. The highest BCUT2D eigenvalue weighted by Gasteiger charge is 2.20. The van der Waals surface area contributed by atoms with Crippen molar-refractivity contribution in [3.63, 3.8) is 0 Å². The molecule has 2 unspecified atom stereocenters. The van der Waals surface area contributed by atoms with Gasteiger partial charge in [0, 0.05) is 6.42 Å². The maximum atomic E-state index is 12.6. The molecule has 0 aliphatic carbocycles. The van der Waals surface area contributed by atoms with Crippen molar-refractivity contribution in [2.45, 2.75) is 450 Å². The average Bonchev–Trinajstić information content (AvgIpc) is 3.46. The van der Waals surface area contributed by atoms with Crippen LogP contribution in [-0.4, -0.2) is 34.9 Å². The van der Waals surface area contributed by atoms with Crippen molar-refractivity contribution in [3.8, 4) is 0 Å². The summed E-state index contributed by atoms with van der Waals surface area (Å²) in [7, 11) is 0. The van der Waals surface area contributed by atoms with E-state index in [4.69, 9.17) is 0 Å². The highest BCUT2D eigenvalue weighted by molar-refractivity contribution is 5.76. The van der Waals surface area contributed by atoms with Crippen molar-refractivity contribution in [2.24, 2.45) is 0 Å². The number of nitrogens with one attached hydrogen (secondary N) is 1. The summed E-state index contributed by atoms with van der Waals surface area (Å²) in [6.45, 7) is 4.40. The Labute approximate surface area is 504 Å². The first-order valence-electron chi connectivity index (χ1n) is 37.5. The number of hydrogen-bond acceptors (Lipinski definition) is 3. The lowest BCUT2D eigenvalue weighted by atomic mass is 10.0. The molecule has 1 amide bonds. The molecule has 4 heteroatoms. The van der Waals surface area contributed by atoms with Gasteiger partial charge in [-0.05, 0) is 44.9 Å². The van der Waals surface area contributed by atoms with Gasteiger partial charge in [-0.25, -0.2) is 0 Å². The summed E-state index contributed by atoms with van der Waals surface area (Å²) in [6, 6.07) is -0.535. The molecule has 0 radical (unpaired) electrons. The van der Waals surface area contributed by atoms with Crippen LogP contribution in [0, 0.1) is 0 Å². The van der Waals surface area contributed by atoms with Crippen LogP contribution < -0.4 is 5.32 Å². The zero-order valence-corrected chi connectivity index (χ0v) is 55.1. The van der Waals surface area contributed by atoms with E-state index in [1.807, 2.05) is 0 Å². The zero-order chi connectivity index (χ0) is 57.6. The number of rotatable bonds is 71. The Morgan fingerprint density at radius 3 is 0.750 bits per heavy atom. The van der Waals surface area contributed by atoms with E-state index in [0.717, 1.165) is 32.1 Å². The second kappa shape index (κ2) is 72.1. The molecule has 0 saturated carbocycles. The van der Waals surface area contributed by atoms with E-state index in [9.17, 15) is 15.0 Å². The van der Waals surface area contributed by atoms with E-state index in [1.165, 1.54) is 379 Å². The number of aliphatic hydroxyl groups is 2. The number of carbonyl (C=O) groups is 1. The van der Waals surface area contributed by atoms with Gasteiger partial charge in [0.15, 0.2) is 0 Å². The number of unbranched alkanes of at least 4 members (excludes halogenated alkanes) is 60. The molecular weight excluding hydrogens is 975 g/mol. The number of aliphatic hydroxyl groups excluding tert-OH is 2. The summed E-state index contributed by atoms with van der Waals surface area (Å²) in [5, 5.41) is 23.5. The van der Waals surface area contributed by atoms with Crippen molar-refractivity contribution >= 4 is 5.91 Å². The van der Waals surface area contributed by atoms with Crippen LogP contribution in [0.25, 0.3) is 0 Å². The highest BCUT2D eigenvalue weighted by atomic mass is 16.3. The van der Waals surface area contributed by atoms with E-state index in [1.54, 1.807) is 0 Å². The van der Waals surface area contributed by atoms with Gasteiger partial charge in [-0.1, -0.05) is 411 Å². The molecule has 0 aromatic rings. The van der Waals surface area contributed by atoms with E-state index in [-0.39, 0.29) is 12.5 Å². The molecular formula is C76H149NO3. The van der Waals surface area contributed by atoms with Gasteiger partial charge >= 0.3 is 0 Å². The SMILES string of the molecule is CCCCCCC/C=C\C/C=C\CCCCCCCCCCCCCCCCCCCCCCCCCCCCCCCC(=O)NC(CO)C(O)CCCCCCCCCCCCCCCCCCCCCCCCCCCCC. The summed E-state index contributed by atoms with van der Waals surface area (Å²) in [5.41, 5.74) is 0. The van der Waals surface area contributed by atoms with Gasteiger partial charge in [0.25, 0.3) is 0 Å². The Balaban J connectivity index is 3.35. The minimum absolute atomic E-state index is 0.0201. The summed E-state index contributed by atoms with van der Waals surface area (Å²) in [6.07, 6.45) is 98.4. The summed E-state index contributed by atoms with van der Waals surface area (Å²) in [4.78, 5) is 12.6. The minimum Gasteiger partial charge on any atom is -0.394 e. The number of carbonyl (C=O) groups excluding carboxylic acids is 1. The van der Waals surface area contributed by atoms with Gasteiger partial charge in [0.2, 0.25) is 5.91 Å². The van der Waals surface area contributed by atoms with Crippen LogP contribution in [0.1, 0.15) is 438 Å². The average molecular weight is 1130 g/mol. The smallest absolute Gasteiger partial charge is 0.220 e. The summed E-state index contributed by atoms with van der Waals surface area (Å²) in [5.74, 6) is -0.0201. The van der Waals surface area contributed by atoms with E-state index in [2.05, 4.69) is 43.5 Å². The predicted octanol–water partition coefficient (Wildman–Crippen LogP) is 25.7. The third-order valence-electron chi connectivity index (χ3n) is 18.0. The van der Waals surface area contributed by atoms with Crippen molar-refractivity contribution in [1.82, 2.24) is 5.32 Å². The fourth-order valence-electron chi connectivity index (χ4n) is 12.3. The number of hydrogen-bond donors (Lipinski definition) is 3. The molecule has 0 saturated heterocycles. The molecule has 0 aliphatic rings. The Hall–Kier alpha value is -1.13. The maximum Gasteiger partial charge on any atom is 0.220 e. The molecule has 2 atom stereocenters. The number of allylic oxidation sites excluding steroid dienone is 4. The zero-order valence-electron chi connectivity index (χ0n) is 55.1. The van der Waals surface area contributed by atoms with Gasteiger partial charge in [-0.15, -0.1) is 0 Å². The van der Waals surface area contributed by atoms with E-state index >= 15 is 0 Å². The van der Waals surface area contributed by atoms with Crippen molar-refractivity contribution in [3.05, 3.63) is 24.3 Å². The van der Waals surface area contributed by atoms with Gasteiger partial charge in [-0.2, -0.15) is 0 Å². The van der Waals surface area contributed by atoms with Crippen molar-refractivity contribution < 1.29 is 15.0 Å². The molecule has 0 bridgehead atoms. The van der Waals surface area contributed by atoms with Crippen LogP contribution in [-0.2, 0) is 4.79 Å². The molecule has 476 valence electrons. The Kier molecular flexibility index (Phi) is 71.1. The molecule has 0 spiro atoms. The van der Waals surface area contributed by atoms with Gasteiger partial charge in [0.05, 0.1) is 18.8 Å². The summed E-state index contributed by atoms with van der Waals surface area (Å²) < 4.78 is 0. The van der Waals surface area contributed by atoms with Crippen LogP contribution in [0.2, 0.25) is 0 Å². The van der Waals surface area contributed by atoms with Gasteiger partial charge in [-0.3, -0.25) is 4.79 Å². The fourth-order valence-corrected chi connectivity index (χ4v) is 12.3. The number of amides is 1. The standard InChI is InChI=1S/C76H149NO3/c1-3-5-7-9-11-13-15-17-19-21-23-25-27-29-31-32-33-34-35-36-37-38-39-40-41-42-43-44-46-48-50-52-54-56-58-60-62-64-66-68-70-72-76(80)77-74(73-78)75(79)71-69-67-65-63-61-59-57-55-53-51-49-47-45-30-28-26-24-22-20-18-16-14-12-10-8-6-4-2/h15,17,21,23,74-75,78-79H,3-14,16,18-20,22,24-73H2,1-2H3,(H,77,80)/b17-15-,23-21-. The summed E-state index contributed by atoms with van der Waals surface area (Å²) >= 11 is 0. The molecule has 80 heavy (non-hydrogen) atoms. The molecule has 4 nitrogen and oxygen atoms in total. The molecule has 0 aliphatic heterocycles. The first kappa shape index (κ1) is 78.9. The highest BCUT2D eigenvalue weighted by Crippen LogP contribution is 2.20. The first-order chi connectivity index (χ1) is 39.7. The second-order valence-corrected chi connectivity index (χ2v) is 26.1. The second-order valence-electron chi connectivity index (χ2n) is 26.1. The van der Waals surface area contributed by atoms with Crippen LogP contribution in [0.5, 0.6) is 0 Å². The molecule has 0 fully saturated rings. The van der Waals surface area contributed by atoms with Crippen LogP contribution >= 0.6 is 0 Å². The van der Waals surface area contributed by atoms with E-state index in [0.29, 0.717) is 12.8 Å². The van der Waals surface area contributed by atoms with Gasteiger partial charge < -0.3 is 15.5 Å². The molecule has 3 N–H and O–H groups in total. The van der Waals surface area contributed by atoms with Crippen LogP contribution in [0.4, 0.5) is 0 Å². The first-order valence-corrected chi connectivity index (χ1v) is 37.5. The Bertz CT molecular complexity index is 1180. The van der Waals surface area contributed by atoms with Crippen LogP contribution in [0.3, 0.4) is 0 Å². The van der Waals surface area contributed by atoms with E-state index < -0.39 is 12.1 Å². The molecule has 0 rings (SSSR count). The van der Waals surface area contributed by atoms with Crippen LogP contribution in [0.15, 0.2) is 24.3 Å². The molecule has 0 aromatic heterocycles. The van der Waals surface area contributed by atoms with Crippen molar-refractivity contribution in [2.75, 3.05) is 6.61 Å². The predicted molar refractivity (Wildman–Crippen MR) is 359 cm³/mol. The quantitative estimate of drug-likeness (QED) is 0.0420. The minimum atomic E-state index is -0.658. The fraction of sp³-hybridized carbons (Fsp3) is 0.934. The van der Waals surface area contributed by atoms with Gasteiger partial charge in [0.1, 0.15) is 0 Å². The lowest BCUT2D eigenvalue weighted by Crippen LogP contribution is -2.45. The Morgan fingerprint density at radius 1 is 0.300 bits per heavy atom. The normalized spacial score (nSPS) is 12.7. The third kappa shape index (κ3) is 67.7. The van der Waals surface area contributed by atoms with Crippen molar-refractivity contribution in [1.29, 1.82) is 0 Å². The third-order valence-corrected chi connectivity index (χ3v) is 18.0. The topological polar surface area (TPSA) is 69.6 Å². The Morgan fingerprint density at radius 2 is 0.512 bits per heavy atom. The monoisotopic (exact) mass is 1120 g/mol. The molecule has 0 heterocycles.